The molecule has 0 fully saturated rings. The average molecular weight is 180 g/mol. The minimum atomic E-state index is -0.430. The Morgan fingerprint density at radius 2 is 2.17 bits per heavy atom. The molecule has 0 bridgehead atoms. The third-order valence-electron chi connectivity index (χ3n) is 1.42. The predicted octanol–water partition coefficient (Wildman–Crippen LogP) is 1.19. The first-order valence-corrected chi connectivity index (χ1v) is 3.67. The summed E-state index contributed by atoms with van der Waals surface area (Å²) in [6.07, 6.45) is 0. The lowest BCUT2D eigenvalue weighted by Crippen LogP contribution is -1.96. The minimum absolute atomic E-state index is 0.0794. The zero-order chi connectivity index (χ0) is 8.97. The topological polar surface area (TPSA) is 52.4 Å². The molecule has 0 aromatic heterocycles. The summed E-state index contributed by atoms with van der Waals surface area (Å²) in [7, 11) is 2.79. The van der Waals surface area contributed by atoms with Crippen LogP contribution in [0.2, 0.25) is 0 Å². The van der Waals surface area contributed by atoms with Crippen LogP contribution in [-0.4, -0.2) is 15.4 Å². The Morgan fingerprint density at radius 3 is 2.75 bits per heavy atom. The van der Waals surface area contributed by atoms with Gasteiger partial charge in [-0.05, 0) is 6.07 Å². The SMILES string of the molecule is O=[N+]([O-])c1ccccc1CO[Si]. The van der Waals surface area contributed by atoms with E-state index in [4.69, 9.17) is 0 Å². The standard InChI is InChI=1S/C7H6NO3Si/c9-8(10)7-4-2-1-3-6(7)5-11-12/h1-4H,5H2. The first-order valence-electron chi connectivity index (χ1n) is 3.26. The van der Waals surface area contributed by atoms with E-state index in [0.29, 0.717) is 5.56 Å². The van der Waals surface area contributed by atoms with E-state index in [1.807, 2.05) is 0 Å². The number of hydrogen-bond donors (Lipinski definition) is 0. The van der Waals surface area contributed by atoms with Gasteiger partial charge in [-0.2, -0.15) is 0 Å². The van der Waals surface area contributed by atoms with Gasteiger partial charge in [0.15, 0.2) is 0 Å². The van der Waals surface area contributed by atoms with E-state index in [1.165, 1.54) is 6.07 Å². The zero-order valence-corrected chi connectivity index (χ0v) is 7.19. The number of nitro groups is 1. The summed E-state index contributed by atoms with van der Waals surface area (Å²) in [5, 5.41) is 10.4. The van der Waals surface area contributed by atoms with Crippen LogP contribution in [-0.2, 0) is 11.0 Å². The fraction of sp³-hybridized carbons (Fsp3) is 0.143. The smallest absolute Gasteiger partial charge is 0.274 e. The highest BCUT2D eigenvalue weighted by molar-refractivity contribution is 5.97. The zero-order valence-electron chi connectivity index (χ0n) is 6.19. The van der Waals surface area contributed by atoms with Crippen molar-refractivity contribution in [2.75, 3.05) is 0 Å². The van der Waals surface area contributed by atoms with Crippen LogP contribution in [0.1, 0.15) is 5.56 Å². The van der Waals surface area contributed by atoms with Gasteiger partial charge in [0, 0.05) is 6.07 Å². The van der Waals surface area contributed by atoms with Gasteiger partial charge in [-0.1, -0.05) is 12.1 Å². The molecular formula is C7H6NO3Si. The van der Waals surface area contributed by atoms with Gasteiger partial charge in [-0.15, -0.1) is 0 Å². The highest BCUT2D eigenvalue weighted by Gasteiger charge is 2.10. The van der Waals surface area contributed by atoms with Gasteiger partial charge in [-0.25, -0.2) is 0 Å². The van der Waals surface area contributed by atoms with Crippen LogP contribution < -0.4 is 0 Å². The van der Waals surface area contributed by atoms with Crippen molar-refractivity contribution in [1.29, 1.82) is 0 Å². The molecule has 1 aromatic carbocycles. The molecule has 0 amide bonds. The lowest BCUT2D eigenvalue weighted by Gasteiger charge is -1.99. The monoisotopic (exact) mass is 180 g/mol. The Balaban J connectivity index is 3.00. The number of hydrogen-bond acceptors (Lipinski definition) is 3. The average Bonchev–Trinajstić information content (AvgIpc) is 2.05. The van der Waals surface area contributed by atoms with Crippen molar-refractivity contribution in [2.24, 2.45) is 0 Å². The van der Waals surface area contributed by atoms with Crippen LogP contribution in [0.15, 0.2) is 24.3 Å². The normalized spacial score (nSPS) is 9.75. The number of nitrogens with zero attached hydrogens (tertiary/aromatic N) is 1. The molecule has 0 saturated carbocycles. The Bertz CT molecular complexity index is 290. The van der Waals surface area contributed by atoms with Crippen LogP contribution in [0.25, 0.3) is 0 Å². The second-order valence-electron chi connectivity index (χ2n) is 2.17. The van der Waals surface area contributed by atoms with Gasteiger partial charge in [0.2, 0.25) is 10.5 Å². The van der Waals surface area contributed by atoms with Crippen molar-refractivity contribution in [3.63, 3.8) is 0 Å². The molecule has 4 nitrogen and oxygen atoms in total. The molecule has 0 aliphatic carbocycles. The molecule has 1 aromatic rings. The minimum Gasteiger partial charge on any atom is -0.414 e. The van der Waals surface area contributed by atoms with Gasteiger partial charge in [0.05, 0.1) is 17.1 Å². The van der Waals surface area contributed by atoms with Crippen LogP contribution in [0.4, 0.5) is 5.69 Å². The quantitative estimate of drug-likeness (QED) is 0.399. The molecule has 0 heterocycles. The van der Waals surface area contributed by atoms with Gasteiger partial charge < -0.3 is 4.43 Å². The lowest BCUT2D eigenvalue weighted by molar-refractivity contribution is -0.385. The third-order valence-corrected chi connectivity index (χ3v) is 1.56. The van der Waals surface area contributed by atoms with Crippen molar-refractivity contribution in [3.05, 3.63) is 39.9 Å². The van der Waals surface area contributed by atoms with Crippen LogP contribution in [0.3, 0.4) is 0 Å². The van der Waals surface area contributed by atoms with E-state index in [1.54, 1.807) is 18.2 Å². The molecule has 0 saturated heterocycles. The summed E-state index contributed by atoms with van der Waals surface area (Å²) < 4.78 is 4.62. The van der Waals surface area contributed by atoms with Crippen molar-refractivity contribution < 1.29 is 9.35 Å². The van der Waals surface area contributed by atoms with Gasteiger partial charge in [0.25, 0.3) is 5.69 Å². The lowest BCUT2D eigenvalue weighted by atomic mass is 10.2. The van der Waals surface area contributed by atoms with Crippen molar-refractivity contribution >= 4 is 16.2 Å². The van der Waals surface area contributed by atoms with E-state index < -0.39 is 4.92 Å². The molecule has 0 atom stereocenters. The Morgan fingerprint density at radius 1 is 1.50 bits per heavy atom. The Hall–Kier alpha value is -1.20. The largest absolute Gasteiger partial charge is 0.414 e. The fourth-order valence-corrected chi connectivity index (χ4v) is 1.04. The second-order valence-corrected chi connectivity index (χ2v) is 2.46. The van der Waals surface area contributed by atoms with Crippen molar-refractivity contribution in [2.45, 2.75) is 6.61 Å². The maximum absolute atomic E-state index is 10.4. The third kappa shape index (κ3) is 1.90. The summed E-state index contributed by atoms with van der Waals surface area (Å²) in [4.78, 5) is 10.0. The molecule has 0 spiro atoms. The first-order chi connectivity index (χ1) is 5.75. The number of para-hydroxylation sites is 1. The number of rotatable bonds is 3. The molecule has 5 heteroatoms. The Kier molecular flexibility index (Phi) is 2.95. The van der Waals surface area contributed by atoms with E-state index in [9.17, 15) is 10.1 Å². The van der Waals surface area contributed by atoms with Crippen LogP contribution >= 0.6 is 0 Å². The van der Waals surface area contributed by atoms with E-state index in [2.05, 4.69) is 14.9 Å². The first kappa shape index (κ1) is 8.89. The highest BCUT2D eigenvalue weighted by Crippen LogP contribution is 2.17. The summed E-state index contributed by atoms with van der Waals surface area (Å²) >= 11 is 0. The molecule has 0 unspecified atom stereocenters. The summed E-state index contributed by atoms with van der Waals surface area (Å²) in [6, 6.07) is 6.45. The number of nitro benzene ring substituents is 1. The maximum atomic E-state index is 10.4. The fourth-order valence-electron chi connectivity index (χ4n) is 0.889. The van der Waals surface area contributed by atoms with Crippen LogP contribution in [0, 0.1) is 10.1 Å². The van der Waals surface area contributed by atoms with Crippen molar-refractivity contribution in [1.82, 2.24) is 0 Å². The van der Waals surface area contributed by atoms with E-state index >= 15 is 0 Å². The molecule has 12 heavy (non-hydrogen) atoms. The summed E-state index contributed by atoms with van der Waals surface area (Å²) in [5.74, 6) is 0. The molecule has 61 valence electrons. The second kappa shape index (κ2) is 3.98. The van der Waals surface area contributed by atoms with E-state index in [0.717, 1.165) is 0 Å². The molecule has 1 rings (SSSR count). The molecular weight excluding hydrogens is 174 g/mol. The molecule has 0 aliphatic rings. The van der Waals surface area contributed by atoms with E-state index in [-0.39, 0.29) is 12.3 Å². The van der Waals surface area contributed by atoms with Gasteiger partial charge in [0.1, 0.15) is 0 Å². The molecule has 3 radical (unpaired) electrons. The van der Waals surface area contributed by atoms with Gasteiger partial charge in [-0.3, -0.25) is 10.1 Å². The van der Waals surface area contributed by atoms with Gasteiger partial charge >= 0.3 is 0 Å². The molecule has 0 aliphatic heterocycles. The predicted molar refractivity (Wildman–Crippen MR) is 43.6 cm³/mol. The summed E-state index contributed by atoms with van der Waals surface area (Å²) in [5.41, 5.74) is 0.633. The number of benzene rings is 1. The highest BCUT2D eigenvalue weighted by atomic mass is 28.2. The molecule has 0 N–H and O–H groups in total. The summed E-state index contributed by atoms with van der Waals surface area (Å²) in [6.45, 7) is 0.189. The van der Waals surface area contributed by atoms with Crippen LogP contribution in [0.5, 0.6) is 0 Å². The maximum Gasteiger partial charge on any atom is 0.274 e. The van der Waals surface area contributed by atoms with Crippen molar-refractivity contribution in [3.8, 4) is 0 Å². The Labute approximate surface area is 72.9 Å².